The van der Waals surface area contributed by atoms with Crippen LogP contribution in [-0.2, 0) is 4.79 Å². The minimum Gasteiger partial charge on any atom is -0.388 e. The number of aliphatic hydroxyl groups is 1. The Balaban J connectivity index is 2.69. The first-order chi connectivity index (χ1) is 8.32. The van der Waals surface area contributed by atoms with Crippen LogP contribution < -0.4 is 0 Å². The van der Waals surface area contributed by atoms with Crippen molar-refractivity contribution >= 4 is 11.9 Å². The topological polar surface area (TPSA) is 37.3 Å². The molecule has 2 nitrogen and oxygen atoms in total. The minimum absolute atomic E-state index is 0.0766. The summed E-state index contributed by atoms with van der Waals surface area (Å²) in [6.07, 6.45) is 2.79. The van der Waals surface area contributed by atoms with Gasteiger partial charge in [-0.15, -0.1) is 0 Å². The maximum absolute atomic E-state index is 12.0. The summed E-state index contributed by atoms with van der Waals surface area (Å²) in [5.41, 5.74) is 0.605. The van der Waals surface area contributed by atoms with E-state index in [0.717, 1.165) is 5.56 Å². The quantitative estimate of drug-likeness (QED) is 0.885. The van der Waals surface area contributed by atoms with Crippen molar-refractivity contribution in [2.75, 3.05) is 0 Å². The Morgan fingerprint density at radius 3 is 2.28 bits per heavy atom. The zero-order valence-corrected chi connectivity index (χ0v) is 11.6. The molecule has 0 spiro atoms. The highest BCUT2D eigenvalue weighted by molar-refractivity contribution is 5.86. The molecule has 0 bridgehead atoms. The third kappa shape index (κ3) is 4.11. The van der Waals surface area contributed by atoms with Gasteiger partial charge < -0.3 is 5.11 Å². The third-order valence-electron chi connectivity index (χ3n) is 2.95. The molecule has 0 fully saturated rings. The molecule has 1 N–H and O–H groups in total. The molecule has 0 heterocycles. The Morgan fingerprint density at radius 1 is 1.22 bits per heavy atom. The fourth-order valence-electron chi connectivity index (χ4n) is 1.78. The van der Waals surface area contributed by atoms with Crippen molar-refractivity contribution in [1.29, 1.82) is 0 Å². The lowest BCUT2D eigenvalue weighted by molar-refractivity contribution is -0.132. The number of rotatable bonds is 4. The average molecular weight is 246 g/mol. The molecule has 0 aromatic heterocycles. The summed E-state index contributed by atoms with van der Waals surface area (Å²) < 4.78 is 0. The SMILES string of the molecule is C[C@H](C(=O)C(C)(C)C)[C@H](O)/C=C/c1ccccc1. The molecule has 2 heteroatoms. The lowest BCUT2D eigenvalue weighted by atomic mass is 9.81. The van der Waals surface area contributed by atoms with E-state index >= 15 is 0 Å². The predicted octanol–water partition coefficient (Wildman–Crippen LogP) is 3.31. The van der Waals surface area contributed by atoms with E-state index in [1.54, 1.807) is 13.0 Å². The fourth-order valence-corrected chi connectivity index (χ4v) is 1.78. The van der Waals surface area contributed by atoms with Gasteiger partial charge in [0.2, 0.25) is 0 Å². The highest BCUT2D eigenvalue weighted by Crippen LogP contribution is 2.22. The lowest BCUT2D eigenvalue weighted by Crippen LogP contribution is -2.33. The molecule has 1 aromatic carbocycles. The minimum atomic E-state index is -0.739. The van der Waals surface area contributed by atoms with Crippen LogP contribution in [0.2, 0.25) is 0 Å². The molecule has 18 heavy (non-hydrogen) atoms. The molecule has 0 saturated carbocycles. The summed E-state index contributed by atoms with van der Waals surface area (Å²) in [6, 6.07) is 9.74. The number of hydrogen-bond acceptors (Lipinski definition) is 2. The Morgan fingerprint density at radius 2 is 1.78 bits per heavy atom. The first kappa shape index (κ1) is 14.7. The molecule has 2 atom stereocenters. The van der Waals surface area contributed by atoms with Gasteiger partial charge in [-0.05, 0) is 5.56 Å². The second-order valence-electron chi connectivity index (χ2n) is 5.66. The molecule has 0 saturated heterocycles. The Hall–Kier alpha value is -1.41. The second-order valence-corrected chi connectivity index (χ2v) is 5.66. The maximum atomic E-state index is 12.0. The van der Waals surface area contributed by atoms with E-state index in [4.69, 9.17) is 0 Å². The Labute approximate surface area is 109 Å². The highest BCUT2D eigenvalue weighted by Gasteiger charge is 2.29. The molecule has 0 aliphatic rings. The van der Waals surface area contributed by atoms with E-state index < -0.39 is 11.5 Å². The molecule has 0 amide bonds. The van der Waals surface area contributed by atoms with Gasteiger partial charge in [-0.1, -0.05) is 70.2 Å². The molecule has 1 aromatic rings. The highest BCUT2D eigenvalue weighted by atomic mass is 16.3. The van der Waals surface area contributed by atoms with E-state index in [-0.39, 0.29) is 11.7 Å². The predicted molar refractivity (Wildman–Crippen MR) is 75.1 cm³/mol. The van der Waals surface area contributed by atoms with Crippen molar-refractivity contribution in [2.24, 2.45) is 11.3 Å². The third-order valence-corrected chi connectivity index (χ3v) is 2.95. The summed E-state index contributed by atoms with van der Waals surface area (Å²) in [5.74, 6) is -0.308. The molecule has 0 aliphatic carbocycles. The average Bonchev–Trinajstić information content (AvgIpc) is 2.34. The molecule has 0 radical (unpaired) electrons. The van der Waals surface area contributed by atoms with Crippen molar-refractivity contribution in [2.45, 2.75) is 33.8 Å². The molecule has 0 aliphatic heterocycles. The van der Waals surface area contributed by atoms with Crippen LogP contribution in [0, 0.1) is 11.3 Å². The number of carbonyl (C=O) groups is 1. The Kier molecular flexibility index (Phi) is 4.85. The van der Waals surface area contributed by atoms with Crippen molar-refractivity contribution in [3.8, 4) is 0 Å². The normalized spacial score (nSPS) is 15.6. The number of Topliss-reactive ketones (excluding diaryl/α,β-unsaturated/α-hetero) is 1. The monoisotopic (exact) mass is 246 g/mol. The van der Waals surface area contributed by atoms with Crippen LogP contribution in [0.1, 0.15) is 33.3 Å². The van der Waals surface area contributed by atoms with E-state index in [9.17, 15) is 9.90 Å². The van der Waals surface area contributed by atoms with Crippen LogP contribution in [-0.4, -0.2) is 17.0 Å². The van der Waals surface area contributed by atoms with Crippen molar-refractivity contribution in [3.05, 3.63) is 42.0 Å². The van der Waals surface area contributed by atoms with Gasteiger partial charge in [-0.2, -0.15) is 0 Å². The molecular weight excluding hydrogens is 224 g/mol. The fraction of sp³-hybridized carbons (Fsp3) is 0.438. The van der Waals surface area contributed by atoms with Crippen LogP contribution in [0.3, 0.4) is 0 Å². The second kappa shape index (κ2) is 5.96. The molecule has 0 unspecified atom stereocenters. The summed E-state index contributed by atoms with van der Waals surface area (Å²) >= 11 is 0. The van der Waals surface area contributed by atoms with Gasteiger partial charge in [0.25, 0.3) is 0 Å². The summed E-state index contributed by atoms with van der Waals surface area (Å²) in [7, 11) is 0. The lowest BCUT2D eigenvalue weighted by Gasteiger charge is -2.23. The first-order valence-corrected chi connectivity index (χ1v) is 6.28. The van der Waals surface area contributed by atoms with Crippen LogP contribution in [0.15, 0.2) is 36.4 Å². The van der Waals surface area contributed by atoms with Gasteiger partial charge in [0, 0.05) is 11.3 Å². The summed E-state index contributed by atoms with van der Waals surface area (Å²) in [6.45, 7) is 7.39. The summed E-state index contributed by atoms with van der Waals surface area (Å²) in [5, 5.41) is 10.0. The van der Waals surface area contributed by atoms with Gasteiger partial charge >= 0.3 is 0 Å². The molecule has 1 rings (SSSR count). The standard InChI is InChI=1S/C16H22O2/c1-12(15(18)16(2,3)4)14(17)11-10-13-8-6-5-7-9-13/h5-12,14,17H,1-4H3/b11-10+/t12-,14+/m0/s1. The van der Waals surface area contributed by atoms with E-state index in [2.05, 4.69) is 0 Å². The molecule has 98 valence electrons. The van der Waals surface area contributed by atoms with Crippen LogP contribution in [0.25, 0.3) is 6.08 Å². The summed E-state index contributed by atoms with van der Waals surface area (Å²) in [4.78, 5) is 12.0. The van der Waals surface area contributed by atoms with Crippen molar-refractivity contribution < 1.29 is 9.90 Å². The van der Waals surface area contributed by atoms with Gasteiger partial charge in [-0.3, -0.25) is 4.79 Å². The number of hydrogen-bond donors (Lipinski definition) is 1. The van der Waals surface area contributed by atoms with Crippen molar-refractivity contribution in [3.63, 3.8) is 0 Å². The van der Waals surface area contributed by atoms with E-state index in [0.29, 0.717) is 0 Å². The number of ketones is 1. The van der Waals surface area contributed by atoms with E-state index in [1.165, 1.54) is 0 Å². The zero-order chi connectivity index (χ0) is 13.8. The van der Waals surface area contributed by atoms with Gasteiger partial charge in [0.15, 0.2) is 0 Å². The number of benzene rings is 1. The largest absolute Gasteiger partial charge is 0.388 e. The smallest absolute Gasteiger partial charge is 0.143 e. The maximum Gasteiger partial charge on any atom is 0.143 e. The first-order valence-electron chi connectivity index (χ1n) is 6.28. The molecular formula is C16H22O2. The zero-order valence-electron chi connectivity index (χ0n) is 11.6. The van der Waals surface area contributed by atoms with E-state index in [1.807, 2.05) is 57.2 Å². The number of aliphatic hydroxyl groups excluding tert-OH is 1. The van der Waals surface area contributed by atoms with Gasteiger partial charge in [0.1, 0.15) is 5.78 Å². The van der Waals surface area contributed by atoms with Gasteiger partial charge in [0.05, 0.1) is 6.10 Å². The van der Waals surface area contributed by atoms with Crippen LogP contribution >= 0.6 is 0 Å². The Bertz CT molecular complexity index is 412. The van der Waals surface area contributed by atoms with Gasteiger partial charge in [-0.25, -0.2) is 0 Å². The van der Waals surface area contributed by atoms with Crippen LogP contribution in [0.4, 0.5) is 0 Å². The van der Waals surface area contributed by atoms with Crippen molar-refractivity contribution in [1.82, 2.24) is 0 Å². The number of carbonyl (C=O) groups excluding carboxylic acids is 1. The van der Waals surface area contributed by atoms with Crippen LogP contribution in [0.5, 0.6) is 0 Å².